The molecule has 0 amide bonds. The van der Waals surface area contributed by atoms with E-state index in [1.54, 1.807) is 0 Å². The van der Waals surface area contributed by atoms with E-state index in [-0.39, 0.29) is 0 Å². The van der Waals surface area contributed by atoms with Gasteiger partial charge in [0.15, 0.2) is 0 Å². The molecule has 4 heteroatoms. The van der Waals surface area contributed by atoms with E-state index < -0.39 is 0 Å². The average molecular weight is 160 g/mol. The van der Waals surface area contributed by atoms with Crippen molar-refractivity contribution in [2.45, 2.75) is 0 Å². The van der Waals surface area contributed by atoms with E-state index in [0.29, 0.717) is 11.8 Å². The minimum absolute atomic E-state index is 0.355. The Morgan fingerprint density at radius 3 is 1.75 bits per heavy atom. The second kappa shape index (κ2) is 2.93. The molecule has 0 aromatic carbocycles. The number of rotatable bonds is 0. The SMILES string of the molecule is C(#Cc1ncco1)c1ncco1. The molecule has 2 aromatic heterocycles. The molecule has 2 heterocycles. The maximum Gasteiger partial charge on any atom is 0.273 e. The van der Waals surface area contributed by atoms with Crippen LogP contribution in [0.1, 0.15) is 11.8 Å². The summed E-state index contributed by atoms with van der Waals surface area (Å²) < 4.78 is 9.76. The van der Waals surface area contributed by atoms with Crippen LogP contribution in [0.5, 0.6) is 0 Å². The highest BCUT2D eigenvalue weighted by Crippen LogP contribution is 1.93. The molecule has 0 atom stereocenters. The monoisotopic (exact) mass is 160 g/mol. The van der Waals surface area contributed by atoms with E-state index in [1.807, 2.05) is 0 Å². The van der Waals surface area contributed by atoms with Crippen molar-refractivity contribution >= 4 is 0 Å². The van der Waals surface area contributed by atoms with Crippen LogP contribution in [-0.4, -0.2) is 9.97 Å². The van der Waals surface area contributed by atoms with Crippen molar-refractivity contribution in [1.29, 1.82) is 0 Å². The summed E-state index contributed by atoms with van der Waals surface area (Å²) in [6.07, 6.45) is 5.97. The van der Waals surface area contributed by atoms with Gasteiger partial charge in [-0.2, -0.15) is 0 Å². The van der Waals surface area contributed by atoms with Crippen molar-refractivity contribution in [3.63, 3.8) is 0 Å². The molecule has 0 aliphatic rings. The minimum atomic E-state index is 0.355. The molecule has 2 rings (SSSR count). The Labute approximate surface area is 68.2 Å². The van der Waals surface area contributed by atoms with E-state index in [4.69, 9.17) is 8.83 Å². The van der Waals surface area contributed by atoms with Crippen LogP contribution >= 0.6 is 0 Å². The first-order valence-electron chi connectivity index (χ1n) is 3.26. The molecule has 0 aliphatic heterocycles. The van der Waals surface area contributed by atoms with Crippen LogP contribution < -0.4 is 0 Å². The Bertz CT molecular complexity index is 354. The predicted molar refractivity (Wildman–Crippen MR) is 39.0 cm³/mol. The molecule has 0 spiro atoms. The highest BCUT2D eigenvalue weighted by Gasteiger charge is 1.90. The summed E-state index contributed by atoms with van der Waals surface area (Å²) in [5.41, 5.74) is 0. The summed E-state index contributed by atoms with van der Waals surface area (Å²) in [6, 6.07) is 0. The second-order valence-corrected chi connectivity index (χ2v) is 1.92. The molecule has 0 radical (unpaired) electrons. The van der Waals surface area contributed by atoms with Crippen molar-refractivity contribution < 1.29 is 8.83 Å². The number of hydrogen-bond acceptors (Lipinski definition) is 4. The lowest BCUT2D eigenvalue weighted by Crippen LogP contribution is -1.73. The van der Waals surface area contributed by atoms with E-state index in [9.17, 15) is 0 Å². The molecule has 0 bridgehead atoms. The van der Waals surface area contributed by atoms with Crippen LogP contribution in [0.2, 0.25) is 0 Å². The van der Waals surface area contributed by atoms with Gasteiger partial charge < -0.3 is 8.83 Å². The molecular formula is C8H4N2O2. The Morgan fingerprint density at radius 2 is 1.42 bits per heavy atom. The number of hydrogen-bond donors (Lipinski definition) is 0. The van der Waals surface area contributed by atoms with Gasteiger partial charge in [0, 0.05) is 11.8 Å². The van der Waals surface area contributed by atoms with Crippen LogP contribution in [0.25, 0.3) is 0 Å². The Kier molecular flexibility index (Phi) is 1.63. The normalized spacial score (nSPS) is 9.00. The van der Waals surface area contributed by atoms with E-state index in [1.165, 1.54) is 24.9 Å². The van der Waals surface area contributed by atoms with Gasteiger partial charge in [-0.05, 0) is 0 Å². The molecule has 0 saturated heterocycles. The van der Waals surface area contributed by atoms with Crippen molar-refractivity contribution in [2.24, 2.45) is 0 Å². The van der Waals surface area contributed by atoms with Gasteiger partial charge in [-0.15, -0.1) is 0 Å². The molecule has 0 saturated carbocycles. The lowest BCUT2D eigenvalue weighted by molar-refractivity contribution is 0.538. The Hall–Kier alpha value is -2.02. The molecule has 12 heavy (non-hydrogen) atoms. The smallest absolute Gasteiger partial charge is 0.273 e. The van der Waals surface area contributed by atoms with Gasteiger partial charge in [-0.1, -0.05) is 0 Å². The maximum absolute atomic E-state index is 4.88. The molecule has 0 aliphatic carbocycles. The fourth-order valence-electron chi connectivity index (χ4n) is 0.677. The summed E-state index contributed by atoms with van der Waals surface area (Å²) in [7, 11) is 0. The van der Waals surface area contributed by atoms with Crippen molar-refractivity contribution in [1.82, 2.24) is 9.97 Å². The van der Waals surface area contributed by atoms with Crippen molar-refractivity contribution in [2.75, 3.05) is 0 Å². The van der Waals surface area contributed by atoms with Gasteiger partial charge in [0.2, 0.25) is 0 Å². The molecule has 2 aromatic rings. The zero-order chi connectivity index (χ0) is 8.23. The molecule has 58 valence electrons. The van der Waals surface area contributed by atoms with Crippen LogP contribution in [0.4, 0.5) is 0 Å². The number of aromatic nitrogens is 2. The molecule has 4 nitrogen and oxygen atoms in total. The first-order valence-corrected chi connectivity index (χ1v) is 3.26. The fraction of sp³-hybridized carbons (Fsp3) is 0. The van der Waals surface area contributed by atoms with E-state index >= 15 is 0 Å². The third-order valence-electron chi connectivity index (χ3n) is 1.14. The van der Waals surface area contributed by atoms with Crippen molar-refractivity contribution in [3.8, 4) is 11.8 Å². The van der Waals surface area contributed by atoms with Gasteiger partial charge >= 0.3 is 0 Å². The number of oxazole rings is 2. The van der Waals surface area contributed by atoms with E-state index in [2.05, 4.69) is 21.8 Å². The van der Waals surface area contributed by atoms with Gasteiger partial charge in [-0.3, -0.25) is 0 Å². The summed E-state index contributed by atoms with van der Waals surface area (Å²) in [5, 5.41) is 0. The summed E-state index contributed by atoms with van der Waals surface area (Å²) in [5.74, 6) is 6.00. The lowest BCUT2D eigenvalue weighted by Gasteiger charge is -1.74. The average Bonchev–Trinajstić information content (AvgIpc) is 2.74. The quantitative estimate of drug-likeness (QED) is 0.541. The van der Waals surface area contributed by atoms with Crippen LogP contribution in [0.3, 0.4) is 0 Å². The third kappa shape index (κ3) is 1.35. The third-order valence-corrected chi connectivity index (χ3v) is 1.14. The van der Waals surface area contributed by atoms with Crippen molar-refractivity contribution in [3.05, 3.63) is 36.7 Å². The summed E-state index contributed by atoms with van der Waals surface area (Å²) in [6.45, 7) is 0. The zero-order valence-electron chi connectivity index (χ0n) is 6.02. The minimum Gasteiger partial charge on any atom is -0.439 e. The largest absolute Gasteiger partial charge is 0.439 e. The summed E-state index contributed by atoms with van der Waals surface area (Å²) in [4.78, 5) is 7.61. The van der Waals surface area contributed by atoms with Crippen LogP contribution in [-0.2, 0) is 0 Å². The molecule has 0 fully saturated rings. The van der Waals surface area contributed by atoms with Gasteiger partial charge in [0.1, 0.15) is 12.5 Å². The second-order valence-electron chi connectivity index (χ2n) is 1.92. The topological polar surface area (TPSA) is 52.1 Å². The summed E-state index contributed by atoms with van der Waals surface area (Å²) >= 11 is 0. The van der Waals surface area contributed by atoms with Gasteiger partial charge in [0.05, 0.1) is 12.4 Å². The van der Waals surface area contributed by atoms with Gasteiger partial charge in [-0.25, -0.2) is 9.97 Å². The van der Waals surface area contributed by atoms with Gasteiger partial charge in [0.25, 0.3) is 11.8 Å². The lowest BCUT2D eigenvalue weighted by atomic mass is 10.5. The predicted octanol–water partition coefficient (Wildman–Crippen LogP) is 1.06. The first-order chi connectivity index (χ1) is 5.95. The Morgan fingerprint density at radius 1 is 0.917 bits per heavy atom. The highest BCUT2D eigenvalue weighted by molar-refractivity contribution is 5.25. The maximum atomic E-state index is 4.88. The molecule has 0 unspecified atom stereocenters. The standard InChI is InChI=1S/C8H4N2O2/c1(7-9-3-5-11-7)2-8-10-4-6-12-8/h3-6H. The molecular weight excluding hydrogens is 156 g/mol. The highest BCUT2D eigenvalue weighted by atomic mass is 16.3. The molecule has 0 N–H and O–H groups in total. The Balaban J connectivity index is 2.22. The van der Waals surface area contributed by atoms with E-state index in [0.717, 1.165) is 0 Å². The van der Waals surface area contributed by atoms with Crippen LogP contribution in [0, 0.1) is 11.8 Å². The number of nitrogens with zero attached hydrogens (tertiary/aromatic N) is 2. The fourth-order valence-corrected chi connectivity index (χ4v) is 0.677. The zero-order valence-corrected chi connectivity index (χ0v) is 6.02. The van der Waals surface area contributed by atoms with Crippen LogP contribution in [0.15, 0.2) is 33.8 Å². The first kappa shape index (κ1) is 6.68.